The van der Waals surface area contributed by atoms with Gasteiger partial charge in [0.1, 0.15) is 0 Å². The summed E-state index contributed by atoms with van der Waals surface area (Å²) < 4.78 is 0. The van der Waals surface area contributed by atoms with Crippen molar-refractivity contribution in [3.63, 3.8) is 0 Å². The van der Waals surface area contributed by atoms with E-state index in [4.69, 9.17) is 5.11 Å². The van der Waals surface area contributed by atoms with Crippen molar-refractivity contribution in [2.24, 2.45) is 0 Å². The highest BCUT2D eigenvalue weighted by Crippen LogP contribution is 2.02. The van der Waals surface area contributed by atoms with Crippen LogP contribution in [0.4, 0.5) is 0 Å². The minimum atomic E-state index is -0.492. The summed E-state index contributed by atoms with van der Waals surface area (Å²) >= 11 is 0. The van der Waals surface area contributed by atoms with Crippen molar-refractivity contribution in [3.05, 3.63) is 41.9 Å². The van der Waals surface area contributed by atoms with Gasteiger partial charge in [-0.1, -0.05) is 12.6 Å². The number of rotatable bonds is 8. The highest BCUT2D eigenvalue weighted by atomic mass is 16.3. The average molecular weight is 277 g/mol. The van der Waals surface area contributed by atoms with E-state index in [0.717, 1.165) is 16.2 Å². The highest BCUT2D eigenvalue weighted by Gasteiger charge is 2.15. The number of carbonyl (C=O) groups is 2. The van der Waals surface area contributed by atoms with Gasteiger partial charge in [0, 0.05) is 31.6 Å². The van der Waals surface area contributed by atoms with Crippen molar-refractivity contribution in [2.45, 2.75) is 19.9 Å². The number of aryl methyl sites for hydroxylation is 1. The molecule has 1 rings (SSSR count). The van der Waals surface area contributed by atoms with E-state index in [-0.39, 0.29) is 18.8 Å². The van der Waals surface area contributed by atoms with Gasteiger partial charge in [0.15, 0.2) is 0 Å². The number of hydrogen-bond acceptors (Lipinski definition) is 5. The number of aromatic nitrogens is 1. The molecule has 0 saturated heterocycles. The van der Waals surface area contributed by atoms with Crippen LogP contribution in [0.2, 0.25) is 0 Å². The molecule has 2 amide bonds. The predicted octanol–water partition coefficient (Wildman–Crippen LogP) is 0.361. The van der Waals surface area contributed by atoms with E-state index >= 15 is 0 Å². The summed E-state index contributed by atoms with van der Waals surface area (Å²) in [5.41, 5.74) is 1.97. The molecule has 20 heavy (non-hydrogen) atoms. The highest BCUT2D eigenvalue weighted by molar-refractivity contribution is 5.98. The molecular weight excluding hydrogens is 258 g/mol. The van der Waals surface area contributed by atoms with Crippen molar-refractivity contribution < 1.29 is 14.7 Å². The van der Waals surface area contributed by atoms with Crippen LogP contribution in [0, 0.1) is 6.92 Å². The molecule has 0 aliphatic heterocycles. The van der Waals surface area contributed by atoms with Gasteiger partial charge < -0.3 is 10.4 Å². The Kier molecular flexibility index (Phi) is 6.39. The first-order valence-corrected chi connectivity index (χ1v) is 6.30. The summed E-state index contributed by atoms with van der Waals surface area (Å²) in [6.45, 7) is 6.01. The maximum atomic E-state index is 11.9. The molecular formula is C14H19N3O3. The standard InChI is InChI=1S/C14H19N3O3/c1-11-4-5-13(8-15-11)9-16-12(2)14(20)17(10-19)6-3-7-18/h4-5,8,10,16,18H,2-3,6-7,9H2,1H3. The van der Waals surface area contributed by atoms with Gasteiger partial charge >= 0.3 is 0 Å². The number of imide groups is 1. The van der Waals surface area contributed by atoms with Crippen LogP contribution in [0.25, 0.3) is 0 Å². The van der Waals surface area contributed by atoms with E-state index in [1.54, 1.807) is 6.20 Å². The summed E-state index contributed by atoms with van der Waals surface area (Å²) in [4.78, 5) is 27.8. The van der Waals surface area contributed by atoms with Crippen molar-refractivity contribution in [1.82, 2.24) is 15.2 Å². The van der Waals surface area contributed by atoms with Crippen LogP contribution in [0.3, 0.4) is 0 Å². The Balaban J connectivity index is 2.50. The number of aliphatic hydroxyl groups is 1. The smallest absolute Gasteiger partial charge is 0.275 e. The summed E-state index contributed by atoms with van der Waals surface area (Å²) in [5.74, 6) is -0.492. The maximum Gasteiger partial charge on any atom is 0.275 e. The van der Waals surface area contributed by atoms with Crippen molar-refractivity contribution in [3.8, 4) is 0 Å². The number of aliphatic hydroxyl groups excluding tert-OH is 1. The monoisotopic (exact) mass is 277 g/mol. The molecule has 0 aliphatic rings. The maximum absolute atomic E-state index is 11.9. The lowest BCUT2D eigenvalue weighted by Crippen LogP contribution is -2.36. The van der Waals surface area contributed by atoms with Gasteiger partial charge in [-0.15, -0.1) is 0 Å². The second kappa shape index (κ2) is 8.06. The van der Waals surface area contributed by atoms with E-state index < -0.39 is 5.91 Å². The van der Waals surface area contributed by atoms with E-state index in [1.165, 1.54) is 0 Å². The van der Waals surface area contributed by atoms with Gasteiger partial charge in [0.25, 0.3) is 5.91 Å². The Bertz CT molecular complexity index is 471. The topological polar surface area (TPSA) is 82.5 Å². The van der Waals surface area contributed by atoms with Crippen molar-refractivity contribution in [1.29, 1.82) is 0 Å². The molecule has 0 aromatic carbocycles. The van der Waals surface area contributed by atoms with Crippen LogP contribution >= 0.6 is 0 Å². The number of carbonyl (C=O) groups excluding carboxylic acids is 2. The summed E-state index contributed by atoms with van der Waals surface area (Å²) in [5, 5.41) is 11.6. The summed E-state index contributed by atoms with van der Waals surface area (Å²) in [6.07, 6.45) is 2.50. The molecule has 108 valence electrons. The molecule has 0 unspecified atom stereocenters. The zero-order valence-electron chi connectivity index (χ0n) is 11.5. The van der Waals surface area contributed by atoms with Crippen LogP contribution in [0.1, 0.15) is 17.7 Å². The number of nitrogens with one attached hydrogen (secondary N) is 1. The Morgan fingerprint density at radius 3 is 2.85 bits per heavy atom. The lowest BCUT2D eigenvalue weighted by molar-refractivity contribution is -0.135. The Hall–Kier alpha value is -2.21. The molecule has 2 N–H and O–H groups in total. The normalized spacial score (nSPS) is 9.90. The van der Waals surface area contributed by atoms with E-state index in [1.807, 2.05) is 19.1 Å². The predicted molar refractivity (Wildman–Crippen MR) is 74.4 cm³/mol. The number of amides is 2. The van der Waals surface area contributed by atoms with E-state index in [9.17, 15) is 9.59 Å². The molecule has 6 nitrogen and oxygen atoms in total. The lowest BCUT2D eigenvalue weighted by atomic mass is 10.2. The zero-order valence-corrected chi connectivity index (χ0v) is 11.5. The van der Waals surface area contributed by atoms with E-state index in [0.29, 0.717) is 19.4 Å². The minimum absolute atomic E-state index is 0.0768. The average Bonchev–Trinajstić information content (AvgIpc) is 2.46. The van der Waals surface area contributed by atoms with Crippen LogP contribution in [-0.4, -0.2) is 40.5 Å². The van der Waals surface area contributed by atoms with Gasteiger partial charge in [0.2, 0.25) is 6.41 Å². The molecule has 1 heterocycles. The van der Waals surface area contributed by atoms with Gasteiger partial charge in [0.05, 0.1) is 5.70 Å². The third-order valence-electron chi connectivity index (χ3n) is 2.68. The lowest BCUT2D eigenvalue weighted by Gasteiger charge is -2.17. The minimum Gasteiger partial charge on any atom is -0.396 e. The third-order valence-corrected chi connectivity index (χ3v) is 2.68. The van der Waals surface area contributed by atoms with Crippen molar-refractivity contribution in [2.75, 3.05) is 13.2 Å². The number of hydrogen-bond donors (Lipinski definition) is 2. The third kappa shape index (κ3) is 4.81. The van der Waals surface area contributed by atoms with Crippen LogP contribution in [-0.2, 0) is 16.1 Å². The molecule has 0 aliphatic carbocycles. The molecule has 0 fully saturated rings. The fraction of sp³-hybridized carbons (Fsp3) is 0.357. The summed E-state index contributed by atoms with van der Waals surface area (Å²) in [7, 11) is 0. The van der Waals surface area contributed by atoms with Crippen LogP contribution < -0.4 is 5.32 Å². The molecule has 0 saturated carbocycles. The first-order valence-electron chi connectivity index (χ1n) is 6.30. The van der Waals surface area contributed by atoms with Gasteiger partial charge in [-0.3, -0.25) is 19.5 Å². The SMILES string of the molecule is C=C(NCc1ccc(C)nc1)C(=O)N(C=O)CCCO. The molecule has 6 heteroatoms. The first-order chi connectivity index (χ1) is 9.58. The molecule has 1 aromatic rings. The molecule has 0 radical (unpaired) electrons. The van der Waals surface area contributed by atoms with Gasteiger partial charge in [-0.2, -0.15) is 0 Å². The Morgan fingerprint density at radius 1 is 1.55 bits per heavy atom. The second-order valence-corrected chi connectivity index (χ2v) is 4.32. The zero-order chi connectivity index (χ0) is 15.0. The molecule has 1 aromatic heterocycles. The molecule has 0 bridgehead atoms. The van der Waals surface area contributed by atoms with E-state index in [2.05, 4.69) is 16.9 Å². The van der Waals surface area contributed by atoms with Crippen molar-refractivity contribution >= 4 is 12.3 Å². The Morgan fingerprint density at radius 2 is 2.30 bits per heavy atom. The van der Waals surface area contributed by atoms with Gasteiger partial charge in [-0.25, -0.2) is 0 Å². The molecule has 0 spiro atoms. The fourth-order valence-electron chi connectivity index (χ4n) is 1.50. The number of pyridine rings is 1. The van der Waals surface area contributed by atoms with Crippen LogP contribution in [0.15, 0.2) is 30.6 Å². The first kappa shape index (κ1) is 15.8. The second-order valence-electron chi connectivity index (χ2n) is 4.32. The Labute approximate surface area is 118 Å². The number of nitrogens with zero attached hydrogens (tertiary/aromatic N) is 2. The largest absolute Gasteiger partial charge is 0.396 e. The fourth-order valence-corrected chi connectivity index (χ4v) is 1.50. The summed E-state index contributed by atoms with van der Waals surface area (Å²) in [6, 6.07) is 3.77. The molecule has 0 atom stereocenters. The quantitative estimate of drug-likeness (QED) is 0.529. The van der Waals surface area contributed by atoms with Crippen LogP contribution in [0.5, 0.6) is 0 Å². The van der Waals surface area contributed by atoms with Gasteiger partial charge in [-0.05, 0) is 25.0 Å².